The van der Waals surface area contributed by atoms with Crippen molar-refractivity contribution in [3.8, 4) is 0 Å². The minimum Gasteiger partial charge on any atom is -0.360 e. The second-order valence-corrected chi connectivity index (χ2v) is 5.25. The Morgan fingerprint density at radius 1 is 1.44 bits per heavy atom. The summed E-state index contributed by atoms with van der Waals surface area (Å²) in [6, 6.07) is 5.92. The molecular formula is C11H13ClN2OS. The molecule has 0 aromatic carbocycles. The molecule has 5 heteroatoms. The quantitative estimate of drug-likeness (QED) is 0.893. The fourth-order valence-corrected chi connectivity index (χ4v) is 2.42. The molecule has 0 aliphatic rings. The third kappa shape index (κ3) is 3.07. The maximum Gasteiger partial charge on any atom is 0.150 e. The topological polar surface area (TPSA) is 38.1 Å². The molecule has 0 aliphatic carbocycles. The molecule has 16 heavy (non-hydrogen) atoms. The predicted molar refractivity (Wildman–Crippen MR) is 65.8 cm³/mol. The van der Waals surface area contributed by atoms with Crippen molar-refractivity contribution in [3.05, 3.63) is 38.9 Å². The van der Waals surface area contributed by atoms with Gasteiger partial charge in [0.15, 0.2) is 5.76 Å². The van der Waals surface area contributed by atoms with E-state index in [9.17, 15) is 0 Å². The zero-order chi connectivity index (χ0) is 11.4. The Kier molecular flexibility index (Phi) is 3.98. The van der Waals surface area contributed by atoms with Crippen LogP contribution in [0.25, 0.3) is 0 Å². The summed E-state index contributed by atoms with van der Waals surface area (Å²) >= 11 is 7.43. The van der Waals surface area contributed by atoms with Gasteiger partial charge >= 0.3 is 0 Å². The summed E-state index contributed by atoms with van der Waals surface area (Å²) < 4.78 is 5.99. The highest BCUT2D eigenvalue weighted by Gasteiger charge is 2.02. The number of hydrogen-bond donors (Lipinski definition) is 1. The third-order valence-corrected chi connectivity index (χ3v) is 3.43. The molecule has 0 aliphatic heterocycles. The van der Waals surface area contributed by atoms with Gasteiger partial charge in [-0.1, -0.05) is 23.7 Å². The summed E-state index contributed by atoms with van der Waals surface area (Å²) in [5, 5.41) is 7.22. The van der Waals surface area contributed by atoms with E-state index >= 15 is 0 Å². The lowest BCUT2D eigenvalue weighted by Crippen LogP contribution is -2.10. The van der Waals surface area contributed by atoms with Crippen molar-refractivity contribution in [3.63, 3.8) is 0 Å². The van der Waals surface area contributed by atoms with Crippen molar-refractivity contribution < 1.29 is 4.52 Å². The minimum absolute atomic E-state index is 0.697. The van der Waals surface area contributed by atoms with Gasteiger partial charge in [0.05, 0.1) is 16.6 Å². The van der Waals surface area contributed by atoms with E-state index in [4.69, 9.17) is 16.1 Å². The first-order valence-electron chi connectivity index (χ1n) is 5.17. The van der Waals surface area contributed by atoms with Crippen LogP contribution in [0.3, 0.4) is 0 Å². The smallest absolute Gasteiger partial charge is 0.150 e. The Morgan fingerprint density at radius 2 is 2.31 bits per heavy atom. The minimum atomic E-state index is 0.697. The summed E-state index contributed by atoms with van der Waals surface area (Å²) in [7, 11) is 0. The first kappa shape index (κ1) is 11.6. The van der Waals surface area contributed by atoms with Gasteiger partial charge in [-0.2, -0.15) is 0 Å². The van der Waals surface area contributed by atoms with Gasteiger partial charge in [-0.25, -0.2) is 0 Å². The number of thiophene rings is 1. The van der Waals surface area contributed by atoms with Crippen LogP contribution in [0.4, 0.5) is 0 Å². The molecule has 0 amide bonds. The lowest BCUT2D eigenvalue weighted by Gasteiger charge is -1.98. The van der Waals surface area contributed by atoms with Gasteiger partial charge in [0.2, 0.25) is 0 Å². The monoisotopic (exact) mass is 256 g/mol. The van der Waals surface area contributed by atoms with Gasteiger partial charge in [-0.05, 0) is 18.6 Å². The molecule has 2 rings (SSSR count). The van der Waals surface area contributed by atoms with Gasteiger partial charge < -0.3 is 9.84 Å². The van der Waals surface area contributed by atoms with Crippen molar-refractivity contribution in [1.82, 2.24) is 10.5 Å². The first-order valence-corrected chi connectivity index (χ1v) is 6.36. The molecule has 2 aromatic heterocycles. The number of hydrogen-bond acceptors (Lipinski definition) is 4. The van der Waals surface area contributed by atoms with Gasteiger partial charge in [0, 0.05) is 17.5 Å². The highest BCUT2D eigenvalue weighted by atomic mass is 35.5. The summed E-state index contributed by atoms with van der Waals surface area (Å²) in [6.45, 7) is 3.56. The van der Waals surface area contributed by atoms with E-state index in [0.29, 0.717) is 6.54 Å². The van der Waals surface area contributed by atoms with E-state index in [1.54, 1.807) is 11.3 Å². The van der Waals surface area contributed by atoms with Gasteiger partial charge in [-0.15, -0.1) is 11.3 Å². The molecule has 86 valence electrons. The van der Waals surface area contributed by atoms with Crippen molar-refractivity contribution >= 4 is 22.9 Å². The van der Waals surface area contributed by atoms with E-state index < -0.39 is 0 Å². The van der Waals surface area contributed by atoms with Crippen molar-refractivity contribution in [2.45, 2.75) is 26.4 Å². The molecule has 0 radical (unpaired) electrons. The molecule has 0 spiro atoms. The number of rotatable bonds is 5. The van der Waals surface area contributed by atoms with Gasteiger partial charge in [0.1, 0.15) is 0 Å². The highest BCUT2D eigenvalue weighted by Crippen LogP contribution is 2.21. The van der Waals surface area contributed by atoms with E-state index in [2.05, 4.69) is 17.4 Å². The maximum absolute atomic E-state index is 5.84. The number of aromatic nitrogens is 1. The van der Waals surface area contributed by atoms with Crippen molar-refractivity contribution in [1.29, 1.82) is 0 Å². The van der Waals surface area contributed by atoms with Crippen molar-refractivity contribution in [2.75, 3.05) is 0 Å². The van der Waals surface area contributed by atoms with Crippen LogP contribution in [0, 0.1) is 0 Å². The van der Waals surface area contributed by atoms with Gasteiger partial charge in [-0.3, -0.25) is 0 Å². The largest absolute Gasteiger partial charge is 0.360 e. The summed E-state index contributed by atoms with van der Waals surface area (Å²) in [4.78, 5) is 1.22. The Bertz CT molecular complexity index is 452. The molecule has 2 heterocycles. The second kappa shape index (κ2) is 5.48. The summed E-state index contributed by atoms with van der Waals surface area (Å²) in [6.07, 6.45) is 0.907. The standard InChI is InChI=1S/C11H13ClN2OS/c1-2-8-5-9(15-14-8)6-13-7-10-3-4-11(12)16-10/h3-5,13H,2,6-7H2,1H3. The number of nitrogens with one attached hydrogen (secondary N) is 1. The Morgan fingerprint density at radius 3 is 2.94 bits per heavy atom. The van der Waals surface area contributed by atoms with Crippen LogP contribution in [-0.2, 0) is 19.5 Å². The molecule has 0 saturated carbocycles. The van der Waals surface area contributed by atoms with Crippen LogP contribution in [0.1, 0.15) is 23.3 Å². The van der Waals surface area contributed by atoms with Crippen molar-refractivity contribution in [2.24, 2.45) is 0 Å². The van der Waals surface area contributed by atoms with Gasteiger partial charge in [0.25, 0.3) is 0 Å². The van der Waals surface area contributed by atoms with E-state index in [-0.39, 0.29) is 0 Å². The van der Waals surface area contributed by atoms with Crippen LogP contribution < -0.4 is 5.32 Å². The molecule has 0 atom stereocenters. The zero-order valence-corrected chi connectivity index (χ0v) is 10.6. The fourth-order valence-electron chi connectivity index (χ4n) is 1.36. The SMILES string of the molecule is CCc1cc(CNCc2ccc(Cl)s2)on1. The predicted octanol–water partition coefficient (Wildman–Crippen LogP) is 3.24. The van der Waals surface area contributed by atoms with Crippen LogP contribution in [0.2, 0.25) is 4.34 Å². The zero-order valence-electron chi connectivity index (χ0n) is 9.00. The normalized spacial score (nSPS) is 10.9. The molecule has 0 saturated heterocycles. The van der Waals surface area contributed by atoms with Crippen LogP contribution in [-0.4, -0.2) is 5.16 Å². The average Bonchev–Trinajstić information content (AvgIpc) is 2.88. The second-order valence-electron chi connectivity index (χ2n) is 3.45. The molecular weight excluding hydrogens is 244 g/mol. The summed E-state index contributed by atoms with van der Waals surface area (Å²) in [5.41, 5.74) is 0.996. The Balaban J connectivity index is 1.79. The molecule has 0 fully saturated rings. The number of halogens is 1. The molecule has 0 bridgehead atoms. The van der Waals surface area contributed by atoms with Crippen LogP contribution >= 0.6 is 22.9 Å². The van der Waals surface area contributed by atoms with E-state index in [1.807, 2.05) is 18.2 Å². The Labute approximate surface area is 103 Å². The van der Waals surface area contributed by atoms with Crippen LogP contribution in [0.5, 0.6) is 0 Å². The lowest BCUT2D eigenvalue weighted by molar-refractivity contribution is 0.368. The number of aryl methyl sites for hydroxylation is 1. The Hall–Kier alpha value is -0.840. The first-order chi connectivity index (χ1) is 7.78. The summed E-state index contributed by atoms with van der Waals surface area (Å²) in [5.74, 6) is 0.875. The lowest BCUT2D eigenvalue weighted by atomic mass is 10.3. The van der Waals surface area contributed by atoms with E-state index in [0.717, 1.165) is 28.8 Å². The average molecular weight is 257 g/mol. The molecule has 2 aromatic rings. The highest BCUT2D eigenvalue weighted by molar-refractivity contribution is 7.16. The number of nitrogens with zero attached hydrogens (tertiary/aromatic N) is 1. The third-order valence-electron chi connectivity index (χ3n) is 2.20. The fraction of sp³-hybridized carbons (Fsp3) is 0.364. The molecule has 1 N–H and O–H groups in total. The van der Waals surface area contributed by atoms with Crippen LogP contribution in [0.15, 0.2) is 22.7 Å². The molecule has 0 unspecified atom stereocenters. The van der Waals surface area contributed by atoms with E-state index in [1.165, 1.54) is 4.88 Å². The maximum atomic E-state index is 5.84. The molecule has 3 nitrogen and oxygen atoms in total.